The molecule has 6 heteroatoms. The number of hydrogen-bond donors (Lipinski definition) is 0. The van der Waals surface area contributed by atoms with Gasteiger partial charge >= 0.3 is 5.63 Å². The third-order valence-electron chi connectivity index (χ3n) is 4.28. The van der Waals surface area contributed by atoms with Gasteiger partial charge < -0.3 is 19.0 Å². The molecule has 1 aromatic heterocycles. The van der Waals surface area contributed by atoms with E-state index >= 15 is 0 Å². The summed E-state index contributed by atoms with van der Waals surface area (Å²) < 4.78 is 10.5. The van der Waals surface area contributed by atoms with E-state index in [0.29, 0.717) is 29.8 Å². The molecule has 0 unspecified atom stereocenters. The van der Waals surface area contributed by atoms with Crippen LogP contribution in [0.3, 0.4) is 0 Å². The molecule has 2 heterocycles. The molecule has 6 nitrogen and oxygen atoms in total. The van der Waals surface area contributed by atoms with Crippen LogP contribution in [0.2, 0.25) is 0 Å². The lowest BCUT2D eigenvalue weighted by atomic mass is 10.1. The molecule has 1 aliphatic heterocycles. The van der Waals surface area contributed by atoms with Crippen LogP contribution in [0.5, 0.6) is 5.75 Å². The van der Waals surface area contributed by atoms with Crippen molar-refractivity contribution in [3.8, 4) is 5.75 Å². The molecule has 0 radical (unpaired) electrons. The van der Waals surface area contributed by atoms with Crippen LogP contribution in [0, 0.1) is 0 Å². The van der Waals surface area contributed by atoms with E-state index < -0.39 is 5.63 Å². The quantitative estimate of drug-likeness (QED) is 0.805. The van der Waals surface area contributed by atoms with Gasteiger partial charge in [-0.15, -0.1) is 0 Å². The van der Waals surface area contributed by atoms with Gasteiger partial charge in [0, 0.05) is 31.6 Å². The number of likely N-dealkylation sites (N-methyl/N-ethyl adjacent to an activating group) is 1. The number of carbonyl (C=O) groups excluding carboxylic acids is 1. The SMILES string of the molecule is CCN1CCN(C(=O)c2cc3cccc(OC)c3oc2=O)CC1. The number of fused-ring (bicyclic) bond motifs is 1. The summed E-state index contributed by atoms with van der Waals surface area (Å²) in [5, 5.41) is 0.680. The normalized spacial score (nSPS) is 15.8. The zero-order valence-electron chi connectivity index (χ0n) is 13.4. The number of amides is 1. The summed E-state index contributed by atoms with van der Waals surface area (Å²) in [6, 6.07) is 6.91. The standard InChI is InChI=1S/C17H20N2O4/c1-3-18-7-9-19(10-8-18)16(20)13-11-12-5-4-6-14(22-2)15(12)23-17(13)21/h4-6,11H,3,7-10H2,1-2H3. The predicted octanol–water partition coefficient (Wildman–Crippen LogP) is 1.58. The Kier molecular flexibility index (Phi) is 4.34. The van der Waals surface area contributed by atoms with Crippen LogP contribution >= 0.6 is 0 Å². The van der Waals surface area contributed by atoms with Crippen molar-refractivity contribution in [2.24, 2.45) is 0 Å². The second kappa shape index (κ2) is 6.42. The van der Waals surface area contributed by atoms with Crippen molar-refractivity contribution in [1.82, 2.24) is 9.80 Å². The molecule has 1 saturated heterocycles. The maximum atomic E-state index is 12.6. The molecule has 122 valence electrons. The highest BCUT2D eigenvalue weighted by molar-refractivity contribution is 5.97. The van der Waals surface area contributed by atoms with E-state index in [-0.39, 0.29) is 11.5 Å². The lowest BCUT2D eigenvalue weighted by molar-refractivity contribution is 0.0639. The third-order valence-corrected chi connectivity index (χ3v) is 4.28. The second-order valence-electron chi connectivity index (χ2n) is 5.55. The average molecular weight is 316 g/mol. The molecule has 0 atom stereocenters. The monoisotopic (exact) mass is 316 g/mol. The van der Waals surface area contributed by atoms with Gasteiger partial charge in [-0.1, -0.05) is 19.1 Å². The Morgan fingerprint density at radius 3 is 2.65 bits per heavy atom. The minimum absolute atomic E-state index is 0.0794. The maximum Gasteiger partial charge on any atom is 0.349 e. The van der Waals surface area contributed by atoms with E-state index in [1.807, 2.05) is 0 Å². The van der Waals surface area contributed by atoms with Crippen molar-refractivity contribution in [2.45, 2.75) is 6.92 Å². The first-order valence-corrected chi connectivity index (χ1v) is 7.76. The van der Waals surface area contributed by atoms with Crippen LogP contribution in [0.25, 0.3) is 11.0 Å². The molecule has 0 aliphatic carbocycles. The topological polar surface area (TPSA) is 63.0 Å². The van der Waals surface area contributed by atoms with Crippen LogP contribution in [-0.4, -0.2) is 55.5 Å². The van der Waals surface area contributed by atoms with Crippen LogP contribution in [0.1, 0.15) is 17.3 Å². The number of methoxy groups -OCH3 is 1. The molecule has 1 aromatic carbocycles. The number of rotatable bonds is 3. The Balaban J connectivity index is 1.92. The van der Waals surface area contributed by atoms with Crippen molar-refractivity contribution in [1.29, 1.82) is 0 Å². The van der Waals surface area contributed by atoms with Gasteiger partial charge in [0.1, 0.15) is 5.56 Å². The van der Waals surface area contributed by atoms with E-state index in [1.54, 1.807) is 29.2 Å². The zero-order chi connectivity index (χ0) is 16.4. The van der Waals surface area contributed by atoms with E-state index in [1.165, 1.54) is 7.11 Å². The summed E-state index contributed by atoms with van der Waals surface area (Å²) in [7, 11) is 1.51. The molecule has 1 fully saturated rings. The highest BCUT2D eigenvalue weighted by atomic mass is 16.5. The van der Waals surface area contributed by atoms with Gasteiger partial charge in [0.2, 0.25) is 0 Å². The minimum atomic E-state index is -0.620. The summed E-state index contributed by atoms with van der Waals surface area (Å²) >= 11 is 0. The lowest BCUT2D eigenvalue weighted by Crippen LogP contribution is -2.49. The number of carbonyl (C=O) groups is 1. The summed E-state index contributed by atoms with van der Waals surface area (Å²) in [5.74, 6) is 0.217. The van der Waals surface area contributed by atoms with Crippen LogP contribution < -0.4 is 10.4 Å². The first kappa shape index (κ1) is 15.6. The van der Waals surface area contributed by atoms with E-state index in [9.17, 15) is 9.59 Å². The lowest BCUT2D eigenvalue weighted by Gasteiger charge is -2.33. The Hall–Kier alpha value is -2.34. The average Bonchev–Trinajstić information content (AvgIpc) is 2.60. The summed E-state index contributed by atoms with van der Waals surface area (Å²) in [6.45, 7) is 5.98. The number of para-hydroxylation sites is 1. The maximum absolute atomic E-state index is 12.6. The van der Waals surface area contributed by atoms with Crippen molar-refractivity contribution < 1.29 is 13.9 Å². The Bertz CT molecular complexity index is 776. The molecule has 0 spiro atoms. The smallest absolute Gasteiger partial charge is 0.349 e. The molecule has 0 saturated carbocycles. The predicted molar refractivity (Wildman–Crippen MR) is 87.1 cm³/mol. The Morgan fingerprint density at radius 1 is 1.26 bits per heavy atom. The van der Waals surface area contributed by atoms with Crippen LogP contribution in [-0.2, 0) is 0 Å². The van der Waals surface area contributed by atoms with Crippen molar-refractivity contribution in [2.75, 3.05) is 39.8 Å². The Morgan fingerprint density at radius 2 is 2.00 bits per heavy atom. The van der Waals surface area contributed by atoms with E-state index in [2.05, 4.69) is 11.8 Å². The molecule has 1 aliphatic rings. The van der Waals surface area contributed by atoms with Crippen molar-refractivity contribution >= 4 is 16.9 Å². The fourth-order valence-corrected chi connectivity index (χ4v) is 2.87. The number of ether oxygens (including phenoxy) is 1. The number of piperazine rings is 1. The van der Waals surface area contributed by atoms with Crippen molar-refractivity contribution in [3.05, 3.63) is 40.2 Å². The molecule has 0 N–H and O–H groups in total. The largest absolute Gasteiger partial charge is 0.493 e. The molecule has 3 rings (SSSR count). The molecule has 1 amide bonds. The Labute approximate surface area is 134 Å². The van der Waals surface area contributed by atoms with Crippen molar-refractivity contribution in [3.63, 3.8) is 0 Å². The van der Waals surface area contributed by atoms with Crippen LogP contribution in [0.4, 0.5) is 0 Å². The number of benzene rings is 1. The zero-order valence-corrected chi connectivity index (χ0v) is 13.4. The van der Waals surface area contributed by atoms with Gasteiger partial charge in [-0.25, -0.2) is 4.79 Å². The molecule has 0 bridgehead atoms. The molecular weight excluding hydrogens is 296 g/mol. The highest BCUT2D eigenvalue weighted by Gasteiger charge is 2.24. The highest BCUT2D eigenvalue weighted by Crippen LogP contribution is 2.24. The minimum Gasteiger partial charge on any atom is -0.493 e. The number of nitrogens with zero attached hydrogens (tertiary/aromatic N) is 2. The van der Waals surface area contributed by atoms with E-state index in [4.69, 9.17) is 9.15 Å². The van der Waals surface area contributed by atoms with Gasteiger partial charge in [0.25, 0.3) is 5.91 Å². The summed E-state index contributed by atoms with van der Waals surface area (Å²) in [6.07, 6.45) is 0. The summed E-state index contributed by atoms with van der Waals surface area (Å²) in [4.78, 5) is 28.8. The summed E-state index contributed by atoms with van der Waals surface area (Å²) in [5.41, 5.74) is -0.173. The number of hydrogen-bond acceptors (Lipinski definition) is 5. The molecular formula is C17H20N2O4. The van der Waals surface area contributed by atoms with Gasteiger partial charge in [-0.3, -0.25) is 4.79 Å². The molecule has 2 aromatic rings. The molecule has 23 heavy (non-hydrogen) atoms. The fourth-order valence-electron chi connectivity index (χ4n) is 2.87. The first-order valence-electron chi connectivity index (χ1n) is 7.76. The van der Waals surface area contributed by atoms with Crippen LogP contribution in [0.15, 0.2) is 33.5 Å². The third kappa shape index (κ3) is 2.94. The van der Waals surface area contributed by atoms with Gasteiger partial charge in [-0.2, -0.15) is 0 Å². The van der Waals surface area contributed by atoms with Gasteiger partial charge in [0.15, 0.2) is 11.3 Å². The van der Waals surface area contributed by atoms with E-state index in [0.717, 1.165) is 19.6 Å². The van der Waals surface area contributed by atoms with Gasteiger partial charge in [-0.05, 0) is 18.7 Å². The fraction of sp³-hybridized carbons (Fsp3) is 0.412. The first-order chi connectivity index (χ1) is 11.1. The van der Waals surface area contributed by atoms with Gasteiger partial charge in [0.05, 0.1) is 7.11 Å². The second-order valence-corrected chi connectivity index (χ2v) is 5.55.